The topological polar surface area (TPSA) is 114 Å². The van der Waals surface area contributed by atoms with Gasteiger partial charge in [0.25, 0.3) is 5.91 Å². The fourth-order valence-corrected chi connectivity index (χ4v) is 4.23. The first-order valence-corrected chi connectivity index (χ1v) is 10.9. The summed E-state index contributed by atoms with van der Waals surface area (Å²) in [6.07, 6.45) is 9.87. The van der Waals surface area contributed by atoms with Gasteiger partial charge in [-0.05, 0) is 55.4 Å². The second-order valence-electron chi connectivity index (χ2n) is 8.49. The van der Waals surface area contributed by atoms with Gasteiger partial charge in [0.2, 0.25) is 5.91 Å². The molecule has 1 aliphatic heterocycles. The molecular weight excluding hydrogens is 392 g/mol. The first-order valence-electron chi connectivity index (χ1n) is 10.9. The number of carbonyl (C=O) groups is 2. The zero-order chi connectivity index (χ0) is 21.6. The maximum absolute atomic E-state index is 12.6. The lowest BCUT2D eigenvalue weighted by Crippen LogP contribution is -2.45. The average molecular weight is 421 g/mol. The molecule has 0 radical (unpaired) electrons. The highest BCUT2D eigenvalue weighted by atomic mass is 16.2. The molecule has 0 bridgehead atoms. The van der Waals surface area contributed by atoms with Crippen molar-refractivity contribution in [1.82, 2.24) is 25.5 Å². The molecule has 1 saturated heterocycles. The van der Waals surface area contributed by atoms with Crippen LogP contribution >= 0.6 is 0 Å². The van der Waals surface area contributed by atoms with E-state index in [1.165, 1.54) is 19.0 Å². The summed E-state index contributed by atoms with van der Waals surface area (Å²) < 4.78 is 0. The van der Waals surface area contributed by atoms with Crippen LogP contribution in [0.2, 0.25) is 0 Å². The highest BCUT2D eigenvalue weighted by molar-refractivity contribution is 5.92. The minimum absolute atomic E-state index is 0.0581. The summed E-state index contributed by atoms with van der Waals surface area (Å²) in [5.41, 5.74) is 1.88. The third-order valence-electron chi connectivity index (χ3n) is 6.15. The monoisotopic (exact) mass is 420 g/mol. The second kappa shape index (κ2) is 9.75. The van der Waals surface area contributed by atoms with Crippen molar-refractivity contribution >= 4 is 11.8 Å². The van der Waals surface area contributed by atoms with Crippen LogP contribution in [0.3, 0.4) is 0 Å². The largest absolute Gasteiger partial charge is 0.356 e. The van der Waals surface area contributed by atoms with Crippen LogP contribution in [0.5, 0.6) is 0 Å². The van der Waals surface area contributed by atoms with E-state index >= 15 is 0 Å². The van der Waals surface area contributed by atoms with Gasteiger partial charge in [-0.2, -0.15) is 5.26 Å². The van der Waals surface area contributed by atoms with Crippen LogP contribution in [0.25, 0.3) is 0 Å². The number of pyridine rings is 1. The lowest BCUT2D eigenvalue weighted by molar-refractivity contribution is -0.122. The second-order valence-corrected chi connectivity index (χ2v) is 8.49. The summed E-state index contributed by atoms with van der Waals surface area (Å²) in [5.74, 6) is 0.564. The van der Waals surface area contributed by atoms with Crippen LogP contribution in [0, 0.1) is 17.2 Å². The Bertz CT molecular complexity index is 946. The summed E-state index contributed by atoms with van der Waals surface area (Å²) in [6.45, 7) is 2.04. The molecule has 1 aliphatic carbocycles. The number of carbonyl (C=O) groups excluding carboxylic acids is 2. The quantitative estimate of drug-likeness (QED) is 0.574. The van der Waals surface area contributed by atoms with Gasteiger partial charge in [0.1, 0.15) is 11.8 Å². The first-order chi connectivity index (χ1) is 15.1. The number of nitrogens with zero attached hydrogens (tertiary/aromatic N) is 3. The van der Waals surface area contributed by atoms with Crippen LogP contribution in [-0.4, -0.2) is 51.9 Å². The average Bonchev–Trinajstić information content (AvgIpc) is 3.34. The Kier molecular flexibility index (Phi) is 6.63. The summed E-state index contributed by atoms with van der Waals surface area (Å²) in [4.78, 5) is 34.2. The SMILES string of the molecule is N#Cc1c[nH]c(C(=O)NC[C@@H]2CC[C@H](CC(=O)NCc3ccncc3)N2CC2CC2)c1. The van der Waals surface area contributed by atoms with Crippen LogP contribution in [0.1, 0.15) is 53.7 Å². The van der Waals surface area contributed by atoms with Crippen molar-refractivity contribution in [2.24, 2.45) is 5.92 Å². The maximum Gasteiger partial charge on any atom is 0.267 e. The van der Waals surface area contributed by atoms with Crippen molar-refractivity contribution in [3.63, 3.8) is 0 Å². The number of nitrogens with one attached hydrogen (secondary N) is 3. The van der Waals surface area contributed by atoms with E-state index in [1.807, 2.05) is 18.2 Å². The lowest BCUT2D eigenvalue weighted by atomic mass is 10.1. The molecule has 2 amide bonds. The molecule has 2 fully saturated rings. The van der Waals surface area contributed by atoms with E-state index in [4.69, 9.17) is 5.26 Å². The summed E-state index contributed by atoms with van der Waals surface area (Å²) >= 11 is 0. The number of hydrogen-bond acceptors (Lipinski definition) is 5. The Labute approximate surface area is 182 Å². The van der Waals surface area contributed by atoms with Crippen molar-refractivity contribution in [3.05, 3.63) is 53.6 Å². The predicted octanol–water partition coefficient (Wildman–Crippen LogP) is 1.96. The number of likely N-dealkylation sites (tertiary alicyclic amines) is 1. The molecule has 4 rings (SSSR count). The minimum Gasteiger partial charge on any atom is -0.356 e. The number of nitriles is 1. The van der Waals surface area contributed by atoms with E-state index in [0.29, 0.717) is 36.7 Å². The zero-order valence-corrected chi connectivity index (χ0v) is 17.5. The van der Waals surface area contributed by atoms with Gasteiger partial charge in [-0.25, -0.2) is 0 Å². The van der Waals surface area contributed by atoms with Crippen molar-refractivity contribution in [2.75, 3.05) is 13.1 Å². The molecule has 2 atom stereocenters. The molecule has 0 spiro atoms. The fourth-order valence-electron chi connectivity index (χ4n) is 4.23. The van der Waals surface area contributed by atoms with Gasteiger partial charge >= 0.3 is 0 Å². The summed E-state index contributed by atoms with van der Waals surface area (Å²) in [7, 11) is 0. The molecule has 2 aromatic rings. The molecule has 3 N–H and O–H groups in total. The van der Waals surface area contributed by atoms with E-state index in [9.17, 15) is 9.59 Å². The third-order valence-corrected chi connectivity index (χ3v) is 6.15. The van der Waals surface area contributed by atoms with Crippen LogP contribution in [-0.2, 0) is 11.3 Å². The van der Waals surface area contributed by atoms with Crippen LogP contribution < -0.4 is 10.6 Å². The number of amides is 2. The zero-order valence-electron chi connectivity index (χ0n) is 17.5. The van der Waals surface area contributed by atoms with Gasteiger partial charge in [0.05, 0.1) is 5.56 Å². The highest BCUT2D eigenvalue weighted by Gasteiger charge is 2.38. The molecule has 0 unspecified atom stereocenters. The molecule has 8 nitrogen and oxygen atoms in total. The van der Waals surface area contributed by atoms with E-state index in [0.717, 1.165) is 24.9 Å². The molecule has 8 heteroatoms. The number of aromatic nitrogens is 2. The van der Waals surface area contributed by atoms with Gasteiger partial charge in [-0.15, -0.1) is 0 Å². The Hall–Kier alpha value is -3.18. The minimum atomic E-state index is -0.202. The molecular formula is C23H28N6O2. The Morgan fingerprint density at radius 1 is 1.16 bits per heavy atom. The van der Waals surface area contributed by atoms with Crippen molar-refractivity contribution in [2.45, 2.75) is 50.7 Å². The molecule has 31 heavy (non-hydrogen) atoms. The molecule has 1 saturated carbocycles. The number of rotatable bonds is 9. The number of hydrogen-bond donors (Lipinski definition) is 3. The van der Waals surface area contributed by atoms with Gasteiger partial charge < -0.3 is 15.6 Å². The smallest absolute Gasteiger partial charge is 0.267 e. The molecule has 2 aromatic heterocycles. The number of aromatic amines is 1. The van der Waals surface area contributed by atoms with Gasteiger partial charge in [0.15, 0.2) is 0 Å². The van der Waals surface area contributed by atoms with E-state index in [-0.39, 0.29) is 23.9 Å². The molecule has 3 heterocycles. The van der Waals surface area contributed by atoms with E-state index < -0.39 is 0 Å². The van der Waals surface area contributed by atoms with E-state index in [2.05, 4.69) is 25.5 Å². The molecule has 0 aromatic carbocycles. The highest BCUT2D eigenvalue weighted by Crippen LogP contribution is 2.35. The Balaban J connectivity index is 1.30. The normalized spacial score (nSPS) is 20.9. The lowest BCUT2D eigenvalue weighted by Gasteiger charge is -2.30. The fraction of sp³-hybridized carbons (Fsp3) is 0.478. The van der Waals surface area contributed by atoms with Gasteiger partial charge in [0, 0.05) is 56.7 Å². The Morgan fingerprint density at radius 3 is 2.65 bits per heavy atom. The molecule has 162 valence electrons. The maximum atomic E-state index is 12.6. The van der Waals surface area contributed by atoms with Gasteiger partial charge in [-0.1, -0.05) is 0 Å². The standard InChI is InChI=1S/C23H28N6O2/c24-11-18-9-21(26-13-18)23(31)28-14-20-4-3-19(29(20)15-17-1-2-17)10-22(30)27-12-16-5-7-25-8-6-16/h5-9,13,17,19-20,26H,1-4,10,12,14-15H2,(H,27,30)(H,28,31)/t19-,20+/m1/s1. The Morgan fingerprint density at radius 2 is 1.94 bits per heavy atom. The molecule has 2 aliphatic rings. The predicted molar refractivity (Wildman–Crippen MR) is 115 cm³/mol. The van der Waals surface area contributed by atoms with Crippen molar-refractivity contribution in [3.8, 4) is 6.07 Å². The first kappa shape index (κ1) is 21.1. The van der Waals surface area contributed by atoms with Crippen LogP contribution in [0.4, 0.5) is 0 Å². The number of H-pyrrole nitrogens is 1. The third kappa shape index (κ3) is 5.70. The van der Waals surface area contributed by atoms with E-state index in [1.54, 1.807) is 18.5 Å². The summed E-state index contributed by atoms with van der Waals surface area (Å²) in [5, 5.41) is 14.9. The van der Waals surface area contributed by atoms with Gasteiger partial charge in [-0.3, -0.25) is 19.5 Å². The van der Waals surface area contributed by atoms with Crippen molar-refractivity contribution in [1.29, 1.82) is 5.26 Å². The van der Waals surface area contributed by atoms with Crippen molar-refractivity contribution < 1.29 is 9.59 Å². The summed E-state index contributed by atoms with van der Waals surface area (Å²) in [6, 6.07) is 7.81. The van der Waals surface area contributed by atoms with Crippen LogP contribution in [0.15, 0.2) is 36.8 Å².